The van der Waals surface area contributed by atoms with Crippen molar-refractivity contribution in [3.63, 3.8) is 0 Å². The molecule has 0 aromatic carbocycles. The van der Waals surface area contributed by atoms with Gasteiger partial charge in [0.25, 0.3) is 0 Å². The molecule has 0 amide bonds. The number of alkyl halides is 1. The van der Waals surface area contributed by atoms with Crippen molar-refractivity contribution in [3.05, 3.63) is 0 Å². The highest BCUT2D eigenvalue weighted by atomic mass is 35.5. The topological polar surface area (TPSA) is 12.5 Å². The van der Waals surface area contributed by atoms with Gasteiger partial charge in [-0.25, -0.2) is 0 Å². The molecule has 5 heavy (non-hydrogen) atoms. The fourth-order valence-electron chi connectivity index (χ4n) is 0.128. The van der Waals surface area contributed by atoms with Crippen LogP contribution in [0.25, 0.3) is 0 Å². The van der Waals surface area contributed by atoms with Gasteiger partial charge in [-0.15, -0.1) is 11.6 Å². The zero-order valence-corrected chi connectivity index (χ0v) is 3.40. The summed E-state index contributed by atoms with van der Waals surface area (Å²) < 4.78 is 11.4. The monoisotopic (exact) mass is 93.0 g/mol. The van der Waals surface area contributed by atoms with Crippen molar-refractivity contribution in [1.82, 2.24) is 0 Å². The zero-order chi connectivity index (χ0) is 4.57. The molecule has 0 bridgehead atoms. The Labute approximate surface area is 37.3 Å². The third kappa shape index (κ3) is 0.781. The first-order valence-corrected chi connectivity index (χ1v) is 1.92. The predicted molar refractivity (Wildman–Crippen MR) is 20.5 cm³/mol. The molecular weight excluding hydrogens is 87.5 g/mol. The molecule has 0 saturated carbocycles. The molecule has 1 aliphatic heterocycles. The van der Waals surface area contributed by atoms with E-state index < -0.39 is 5.86 Å². The van der Waals surface area contributed by atoms with Gasteiger partial charge in [-0.2, -0.15) is 0 Å². The Morgan fingerprint density at radius 2 is 3.00 bits per heavy atom. The fourth-order valence-corrected chi connectivity index (χ4v) is 0.274. The summed E-state index contributed by atoms with van der Waals surface area (Å²) in [6.07, 6.45) is 0.0340. The molecular formula is C3H5ClO. The Hall–Kier alpha value is 0.250. The molecule has 2 heteroatoms. The van der Waals surface area contributed by atoms with Crippen molar-refractivity contribution in [2.45, 2.75) is 6.10 Å². The summed E-state index contributed by atoms with van der Waals surface area (Å²) in [7, 11) is 0. The lowest BCUT2D eigenvalue weighted by Gasteiger charge is -1.67. The Bertz CT molecular complexity index is 52.8. The van der Waals surface area contributed by atoms with Gasteiger partial charge in [0.1, 0.15) is 0 Å². The number of hydrogen-bond donors (Lipinski definition) is 0. The van der Waals surface area contributed by atoms with Crippen molar-refractivity contribution in [3.8, 4) is 0 Å². The summed E-state index contributed by atoms with van der Waals surface area (Å²) in [5.74, 6) is -0.537. The van der Waals surface area contributed by atoms with Gasteiger partial charge in [-0.05, 0) is 0 Å². The van der Waals surface area contributed by atoms with Gasteiger partial charge < -0.3 is 4.74 Å². The predicted octanol–water partition coefficient (Wildman–Crippen LogP) is 0.624. The average molecular weight is 93.5 g/mol. The van der Waals surface area contributed by atoms with E-state index in [2.05, 4.69) is 4.74 Å². The van der Waals surface area contributed by atoms with Crippen molar-refractivity contribution < 1.29 is 6.11 Å². The lowest BCUT2D eigenvalue weighted by atomic mass is 10.6. The third-order valence-electron chi connectivity index (χ3n) is 0.500. The number of ether oxygens (including phenoxy) is 1. The molecule has 1 rings (SSSR count). The minimum atomic E-state index is -0.537. The van der Waals surface area contributed by atoms with Crippen LogP contribution < -0.4 is 0 Å². The Kier molecular flexibility index (Phi) is 0.558. The minimum absolute atomic E-state index is 0.0340. The number of hydrogen-bond acceptors (Lipinski definition) is 1. The van der Waals surface area contributed by atoms with E-state index in [0.717, 1.165) is 0 Å². The van der Waals surface area contributed by atoms with E-state index in [-0.39, 0.29) is 6.10 Å². The first-order chi connectivity index (χ1) is 2.80. The van der Waals surface area contributed by atoms with E-state index in [1.54, 1.807) is 0 Å². The molecule has 1 nitrogen and oxygen atoms in total. The second kappa shape index (κ2) is 1.15. The van der Waals surface area contributed by atoms with E-state index >= 15 is 0 Å². The van der Waals surface area contributed by atoms with Crippen LogP contribution in [0.5, 0.6) is 0 Å². The molecule has 0 aromatic heterocycles. The molecule has 2 unspecified atom stereocenters. The SMILES string of the molecule is [2H]C(Cl)C1CO1. The second-order valence-electron chi connectivity index (χ2n) is 0.998. The molecule has 1 aliphatic rings. The smallest absolute Gasteiger partial charge is 0.0944 e. The van der Waals surface area contributed by atoms with E-state index in [4.69, 9.17) is 13.0 Å². The van der Waals surface area contributed by atoms with Gasteiger partial charge in [-0.3, -0.25) is 0 Å². The first kappa shape index (κ1) is 2.43. The Morgan fingerprint density at radius 3 is 3.00 bits per heavy atom. The molecule has 1 heterocycles. The van der Waals surface area contributed by atoms with E-state index in [9.17, 15) is 0 Å². The van der Waals surface area contributed by atoms with Gasteiger partial charge >= 0.3 is 0 Å². The van der Waals surface area contributed by atoms with E-state index in [0.29, 0.717) is 6.61 Å². The average Bonchev–Trinajstić information content (AvgIpc) is 2.06. The maximum Gasteiger partial charge on any atom is 0.0944 e. The normalized spacial score (nSPS) is 43.4. The van der Waals surface area contributed by atoms with Crippen molar-refractivity contribution in [2.24, 2.45) is 0 Å². The maximum absolute atomic E-state index is 6.74. The largest absolute Gasteiger partial charge is 0.372 e. The van der Waals surface area contributed by atoms with Crippen LogP contribution in [0.1, 0.15) is 1.37 Å². The summed E-state index contributed by atoms with van der Waals surface area (Å²) in [4.78, 5) is 0. The third-order valence-corrected chi connectivity index (χ3v) is 0.781. The second-order valence-corrected chi connectivity index (χ2v) is 1.25. The van der Waals surface area contributed by atoms with Crippen LogP contribution in [-0.4, -0.2) is 18.6 Å². The lowest BCUT2D eigenvalue weighted by molar-refractivity contribution is 0.425. The molecule has 0 aromatic rings. The zero-order valence-electron chi connectivity index (χ0n) is 3.65. The van der Waals surface area contributed by atoms with Crippen LogP contribution in [0.2, 0.25) is 0 Å². The van der Waals surface area contributed by atoms with E-state index in [1.807, 2.05) is 0 Å². The Morgan fingerprint density at radius 1 is 2.40 bits per heavy atom. The maximum atomic E-state index is 6.74. The molecule has 2 atom stereocenters. The summed E-state index contributed by atoms with van der Waals surface area (Å²) >= 11 is 5.22. The van der Waals surface area contributed by atoms with Crippen LogP contribution >= 0.6 is 11.6 Å². The molecule has 1 saturated heterocycles. The van der Waals surface area contributed by atoms with Crippen LogP contribution in [0, 0.1) is 0 Å². The Balaban J connectivity index is 2.13. The highest BCUT2D eigenvalue weighted by Gasteiger charge is 2.19. The van der Waals surface area contributed by atoms with Gasteiger partial charge in [0.05, 0.1) is 18.6 Å². The van der Waals surface area contributed by atoms with Gasteiger partial charge in [0.15, 0.2) is 0 Å². The molecule has 1 fully saturated rings. The first-order valence-electron chi connectivity index (χ1n) is 2.06. The minimum Gasteiger partial charge on any atom is -0.372 e. The quantitative estimate of drug-likeness (QED) is 0.342. The molecule has 0 N–H and O–H groups in total. The van der Waals surface area contributed by atoms with Crippen molar-refractivity contribution in [2.75, 3.05) is 12.5 Å². The van der Waals surface area contributed by atoms with Crippen LogP contribution in [0.4, 0.5) is 0 Å². The van der Waals surface area contributed by atoms with Crippen molar-refractivity contribution in [1.29, 1.82) is 0 Å². The highest BCUT2D eigenvalue weighted by molar-refractivity contribution is 6.18. The fraction of sp³-hybridized carbons (Fsp3) is 1.00. The number of epoxide rings is 1. The summed E-state index contributed by atoms with van der Waals surface area (Å²) in [5, 5.41) is 0. The van der Waals surface area contributed by atoms with Crippen LogP contribution in [-0.2, 0) is 4.74 Å². The number of halogens is 1. The van der Waals surface area contributed by atoms with Crippen LogP contribution in [0.3, 0.4) is 0 Å². The molecule has 0 spiro atoms. The van der Waals surface area contributed by atoms with E-state index in [1.165, 1.54) is 0 Å². The standard InChI is InChI=1S/C3H5ClO/c4-1-3-2-5-3/h3H,1-2H2/i1D. The van der Waals surface area contributed by atoms with Gasteiger partial charge in [0.2, 0.25) is 0 Å². The van der Waals surface area contributed by atoms with Gasteiger partial charge in [0, 0.05) is 1.37 Å². The summed E-state index contributed by atoms with van der Waals surface area (Å²) in [6, 6.07) is 0. The van der Waals surface area contributed by atoms with Crippen molar-refractivity contribution >= 4 is 11.6 Å². The molecule has 30 valence electrons. The lowest BCUT2D eigenvalue weighted by Crippen LogP contribution is -1.80. The number of rotatable bonds is 1. The summed E-state index contributed by atoms with van der Waals surface area (Å²) in [6.45, 7) is 0.678. The summed E-state index contributed by atoms with van der Waals surface area (Å²) in [5.41, 5.74) is 0. The highest BCUT2D eigenvalue weighted by Crippen LogP contribution is 2.08. The molecule has 0 aliphatic carbocycles. The molecule has 0 radical (unpaired) electrons. The van der Waals surface area contributed by atoms with Gasteiger partial charge in [-0.1, -0.05) is 0 Å². The van der Waals surface area contributed by atoms with Crippen LogP contribution in [0.15, 0.2) is 0 Å².